The van der Waals surface area contributed by atoms with Crippen molar-refractivity contribution in [3.8, 4) is 5.75 Å². The first-order chi connectivity index (χ1) is 16.4. The third kappa shape index (κ3) is 8.67. The zero-order chi connectivity index (χ0) is 24.9. The van der Waals surface area contributed by atoms with Crippen LogP contribution in [0.3, 0.4) is 0 Å². The number of carbonyl (C=O) groups is 2. The predicted molar refractivity (Wildman–Crippen MR) is 130 cm³/mol. The molecule has 7 nitrogen and oxygen atoms in total. The van der Waals surface area contributed by atoms with Gasteiger partial charge in [-0.15, -0.1) is 0 Å². The monoisotopic (exact) mass is 474 g/mol. The average Bonchev–Trinajstić information content (AvgIpc) is 2.83. The Balaban J connectivity index is 1.96. The Labute approximate surface area is 200 Å². The standard InChI is InChI=1S/C26H35FN2O5/c1-4-19(5-2)18-29(26(32)28-23-10-8-7-9-22(23)27)15-16-34-21-13-11-20(12-14-21)17-24(25(30)31)33-6-3/h7-14,19,24H,4-6,15-18H2,1-3H3,(H,28,32)(H,30,31). The van der Waals surface area contributed by atoms with Gasteiger partial charge in [0, 0.05) is 19.6 Å². The summed E-state index contributed by atoms with van der Waals surface area (Å²) in [6, 6.07) is 12.9. The molecule has 0 radical (unpaired) electrons. The fraction of sp³-hybridized carbons (Fsp3) is 0.462. The predicted octanol–water partition coefficient (Wildman–Crippen LogP) is 5.21. The second-order valence-corrected chi connectivity index (χ2v) is 8.02. The van der Waals surface area contributed by atoms with Crippen molar-refractivity contribution in [2.75, 3.05) is 31.6 Å². The molecule has 0 aliphatic carbocycles. The number of hydrogen-bond donors (Lipinski definition) is 2. The first-order valence-electron chi connectivity index (χ1n) is 11.7. The van der Waals surface area contributed by atoms with Crippen LogP contribution in [0.5, 0.6) is 5.75 Å². The lowest BCUT2D eigenvalue weighted by Gasteiger charge is -2.27. The van der Waals surface area contributed by atoms with E-state index >= 15 is 0 Å². The molecule has 2 aromatic carbocycles. The lowest BCUT2D eigenvalue weighted by molar-refractivity contribution is -0.149. The molecule has 0 fully saturated rings. The van der Waals surface area contributed by atoms with Crippen molar-refractivity contribution in [1.29, 1.82) is 0 Å². The molecular weight excluding hydrogens is 439 g/mol. The van der Waals surface area contributed by atoms with Crippen LogP contribution in [0.4, 0.5) is 14.9 Å². The average molecular weight is 475 g/mol. The molecule has 2 aromatic rings. The highest BCUT2D eigenvalue weighted by atomic mass is 19.1. The molecule has 2 amide bonds. The van der Waals surface area contributed by atoms with Crippen molar-refractivity contribution >= 4 is 17.7 Å². The fourth-order valence-electron chi connectivity index (χ4n) is 3.52. The molecule has 1 atom stereocenters. The molecule has 8 heteroatoms. The SMILES string of the molecule is CCOC(Cc1ccc(OCCN(CC(CC)CC)C(=O)Nc2ccccc2F)cc1)C(=O)O. The number of aliphatic carboxylic acids is 1. The van der Waals surface area contributed by atoms with Gasteiger partial charge in [0.05, 0.1) is 12.2 Å². The summed E-state index contributed by atoms with van der Waals surface area (Å²) in [5, 5.41) is 11.9. The van der Waals surface area contributed by atoms with Gasteiger partial charge in [-0.1, -0.05) is 51.0 Å². The Morgan fingerprint density at radius 1 is 1.06 bits per heavy atom. The Kier molecular flexibility index (Phi) is 11.3. The Hall–Kier alpha value is -3.13. The minimum absolute atomic E-state index is 0.144. The summed E-state index contributed by atoms with van der Waals surface area (Å²) in [5.74, 6) is -0.528. The number of rotatable bonds is 14. The third-order valence-corrected chi connectivity index (χ3v) is 5.65. The van der Waals surface area contributed by atoms with E-state index in [2.05, 4.69) is 19.2 Å². The van der Waals surface area contributed by atoms with Crippen LogP contribution in [0, 0.1) is 11.7 Å². The van der Waals surface area contributed by atoms with Crippen LogP contribution in [0.1, 0.15) is 39.2 Å². The van der Waals surface area contributed by atoms with Crippen molar-refractivity contribution in [2.45, 2.75) is 46.1 Å². The molecule has 0 aromatic heterocycles. The number of carboxylic acids is 1. The molecule has 34 heavy (non-hydrogen) atoms. The molecule has 1 unspecified atom stereocenters. The topological polar surface area (TPSA) is 88.1 Å². The number of amides is 2. The third-order valence-electron chi connectivity index (χ3n) is 5.65. The van der Waals surface area contributed by atoms with E-state index in [1.165, 1.54) is 12.1 Å². The summed E-state index contributed by atoms with van der Waals surface area (Å²) in [7, 11) is 0. The van der Waals surface area contributed by atoms with E-state index in [1.54, 1.807) is 48.2 Å². The van der Waals surface area contributed by atoms with Crippen LogP contribution in [-0.4, -0.2) is 54.4 Å². The summed E-state index contributed by atoms with van der Waals surface area (Å²) in [6.07, 6.45) is 1.24. The van der Waals surface area contributed by atoms with Gasteiger partial charge in [0.15, 0.2) is 6.10 Å². The van der Waals surface area contributed by atoms with Crippen molar-refractivity contribution in [1.82, 2.24) is 4.90 Å². The zero-order valence-electron chi connectivity index (χ0n) is 20.1. The van der Waals surface area contributed by atoms with Crippen molar-refractivity contribution in [3.05, 3.63) is 59.9 Å². The summed E-state index contributed by atoms with van der Waals surface area (Å²) in [5.41, 5.74) is 0.970. The molecule has 0 saturated heterocycles. The first-order valence-corrected chi connectivity index (χ1v) is 11.7. The number of nitrogens with one attached hydrogen (secondary N) is 1. The number of carbonyl (C=O) groups excluding carboxylic acids is 1. The number of ether oxygens (including phenoxy) is 2. The van der Waals surface area contributed by atoms with Gasteiger partial charge in [-0.2, -0.15) is 0 Å². The molecule has 2 N–H and O–H groups in total. The summed E-state index contributed by atoms with van der Waals surface area (Å²) < 4.78 is 25.1. The van der Waals surface area contributed by atoms with Crippen molar-refractivity contribution < 1.29 is 28.6 Å². The van der Waals surface area contributed by atoms with Gasteiger partial charge in [0.1, 0.15) is 18.2 Å². The molecule has 0 aliphatic rings. The molecule has 0 spiro atoms. The molecule has 0 heterocycles. The zero-order valence-corrected chi connectivity index (χ0v) is 20.1. The maximum atomic E-state index is 14.0. The Bertz CT molecular complexity index is 902. The maximum absolute atomic E-state index is 14.0. The van der Waals surface area contributed by atoms with Gasteiger partial charge in [-0.3, -0.25) is 0 Å². The van der Waals surface area contributed by atoms with Crippen LogP contribution in [-0.2, 0) is 16.0 Å². The number of halogens is 1. The largest absolute Gasteiger partial charge is 0.492 e. The first kappa shape index (κ1) is 27.1. The minimum Gasteiger partial charge on any atom is -0.492 e. The number of nitrogens with zero attached hydrogens (tertiary/aromatic N) is 1. The van der Waals surface area contributed by atoms with Gasteiger partial charge in [0.2, 0.25) is 0 Å². The van der Waals surface area contributed by atoms with Crippen molar-refractivity contribution in [2.24, 2.45) is 5.92 Å². The molecule has 0 aliphatic heterocycles. The van der Waals surface area contributed by atoms with Crippen LogP contribution in [0.2, 0.25) is 0 Å². The minimum atomic E-state index is -0.992. The normalized spacial score (nSPS) is 11.8. The van der Waals surface area contributed by atoms with E-state index < -0.39 is 17.9 Å². The number of urea groups is 1. The van der Waals surface area contributed by atoms with Crippen LogP contribution < -0.4 is 10.1 Å². The number of hydrogen-bond acceptors (Lipinski definition) is 4. The van der Waals surface area contributed by atoms with Crippen LogP contribution >= 0.6 is 0 Å². The van der Waals surface area contributed by atoms with Crippen molar-refractivity contribution in [3.63, 3.8) is 0 Å². The van der Waals surface area contributed by atoms with E-state index in [-0.39, 0.29) is 24.7 Å². The lowest BCUT2D eigenvalue weighted by atomic mass is 10.0. The molecule has 0 bridgehead atoms. The highest BCUT2D eigenvalue weighted by Gasteiger charge is 2.19. The molecule has 186 valence electrons. The summed E-state index contributed by atoms with van der Waals surface area (Å²) >= 11 is 0. The highest BCUT2D eigenvalue weighted by Crippen LogP contribution is 2.17. The van der Waals surface area contributed by atoms with E-state index in [4.69, 9.17) is 9.47 Å². The Morgan fingerprint density at radius 2 is 1.74 bits per heavy atom. The fourth-order valence-corrected chi connectivity index (χ4v) is 3.52. The molecular formula is C26H35FN2O5. The second-order valence-electron chi connectivity index (χ2n) is 8.02. The molecule has 0 saturated carbocycles. The number of carboxylic acid groups (broad SMARTS) is 1. The maximum Gasteiger partial charge on any atom is 0.333 e. The quantitative estimate of drug-likeness (QED) is 0.393. The lowest BCUT2D eigenvalue weighted by Crippen LogP contribution is -2.41. The van der Waals surface area contributed by atoms with Gasteiger partial charge in [-0.05, 0) is 42.7 Å². The number of anilines is 1. The number of para-hydroxylation sites is 1. The highest BCUT2D eigenvalue weighted by molar-refractivity contribution is 5.89. The molecule has 2 rings (SSSR count). The van der Waals surface area contributed by atoms with E-state index in [1.807, 2.05) is 0 Å². The van der Waals surface area contributed by atoms with Gasteiger partial charge >= 0.3 is 12.0 Å². The number of benzene rings is 2. The summed E-state index contributed by atoms with van der Waals surface area (Å²) in [6.45, 7) is 7.40. The van der Waals surface area contributed by atoms with E-state index in [0.717, 1.165) is 18.4 Å². The smallest absolute Gasteiger partial charge is 0.333 e. The van der Waals surface area contributed by atoms with Gasteiger partial charge < -0.3 is 24.8 Å². The van der Waals surface area contributed by atoms with Gasteiger partial charge in [0.25, 0.3) is 0 Å². The van der Waals surface area contributed by atoms with Gasteiger partial charge in [-0.25, -0.2) is 14.0 Å². The summed E-state index contributed by atoms with van der Waals surface area (Å²) in [4.78, 5) is 25.8. The van der Waals surface area contributed by atoms with Crippen LogP contribution in [0.15, 0.2) is 48.5 Å². The van der Waals surface area contributed by atoms with E-state index in [9.17, 15) is 19.1 Å². The van der Waals surface area contributed by atoms with Crippen LogP contribution in [0.25, 0.3) is 0 Å². The Morgan fingerprint density at radius 3 is 2.32 bits per heavy atom. The van der Waals surface area contributed by atoms with E-state index in [0.29, 0.717) is 31.4 Å². The second kappa shape index (κ2) is 14.2.